The van der Waals surface area contributed by atoms with Crippen LogP contribution in [0.1, 0.15) is 10.4 Å². The molecule has 0 spiro atoms. The highest BCUT2D eigenvalue weighted by Gasteiger charge is 2.10. The van der Waals surface area contributed by atoms with E-state index in [9.17, 15) is 9.18 Å². The summed E-state index contributed by atoms with van der Waals surface area (Å²) >= 11 is 0. The highest BCUT2D eigenvalue weighted by Crippen LogP contribution is 2.29. The number of carboxylic acids is 1. The third-order valence-electron chi connectivity index (χ3n) is 2.58. The van der Waals surface area contributed by atoms with Gasteiger partial charge in [0.05, 0.1) is 24.0 Å². The van der Waals surface area contributed by atoms with Gasteiger partial charge in [0.1, 0.15) is 11.6 Å². The molecule has 6 nitrogen and oxygen atoms in total. The standard InChI is InChI=1S/C13H12FN3O3/c1-20-11-5-8(14)2-3-10(11)17-12-9(15)4-7(6-16-12)13(18)19/h2-6H,15H2,1H3,(H,16,17)(H,18,19). The van der Waals surface area contributed by atoms with Gasteiger partial charge in [0, 0.05) is 12.3 Å². The summed E-state index contributed by atoms with van der Waals surface area (Å²) in [6.07, 6.45) is 1.18. The van der Waals surface area contributed by atoms with E-state index in [-0.39, 0.29) is 22.8 Å². The molecule has 0 aliphatic carbocycles. The van der Waals surface area contributed by atoms with Gasteiger partial charge in [-0.15, -0.1) is 0 Å². The molecule has 1 aromatic heterocycles. The number of anilines is 3. The van der Waals surface area contributed by atoms with Crippen LogP contribution in [0.4, 0.5) is 21.6 Å². The molecular weight excluding hydrogens is 265 g/mol. The SMILES string of the molecule is COc1cc(F)ccc1Nc1ncc(C(=O)O)cc1N. The minimum absolute atomic E-state index is 0.0147. The Balaban J connectivity index is 2.33. The predicted octanol–water partition coefficient (Wildman–Crippen LogP) is 2.25. The van der Waals surface area contributed by atoms with Crippen LogP contribution in [0.2, 0.25) is 0 Å². The van der Waals surface area contributed by atoms with Crippen LogP contribution in [0.3, 0.4) is 0 Å². The first-order chi connectivity index (χ1) is 9.51. The highest BCUT2D eigenvalue weighted by molar-refractivity contribution is 5.89. The van der Waals surface area contributed by atoms with Crippen molar-refractivity contribution in [2.45, 2.75) is 0 Å². The first-order valence-corrected chi connectivity index (χ1v) is 5.60. The van der Waals surface area contributed by atoms with Gasteiger partial charge in [0.15, 0.2) is 5.82 Å². The summed E-state index contributed by atoms with van der Waals surface area (Å²) in [6.45, 7) is 0. The molecule has 1 aromatic carbocycles. The van der Waals surface area contributed by atoms with Gasteiger partial charge < -0.3 is 20.9 Å². The third kappa shape index (κ3) is 2.77. The molecule has 0 unspecified atom stereocenters. The average Bonchev–Trinajstić information content (AvgIpc) is 2.42. The van der Waals surface area contributed by atoms with Gasteiger partial charge in [-0.25, -0.2) is 14.2 Å². The second kappa shape index (κ2) is 5.43. The van der Waals surface area contributed by atoms with E-state index < -0.39 is 11.8 Å². The predicted molar refractivity (Wildman–Crippen MR) is 71.8 cm³/mol. The lowest BCUT2D eigenvalue weighted by Crippen LogP contribution is -2.04. The molecule has 2 rings (SSSR count). The molecule has 2 aromatic rings. The number of nitrogen functional groups attached to an aromatic ring is 1. The summed E-state index contributed by atoms with van der Waals surface area (Å²) in [7, 11) is 1.41. The van der Waals surface area contributed by atoms with Crippen LogP contribution in [-0.4, -0.2) is 23.2 Å². The number of rotatable bonds is 4. The summed E-state index contributed by atoms with van der Waals surface area (Å²) in [4.78, 5) is 14.7. The van der Waals surface area contributed by atoms with Crippen molar-refractivity contribution in [1.82, 2.24) is 4.98 Å². The lowest BCUT2D eigenvalue weighted by molar-refractivity contribution is 0.0696. The number of pyridine rings is 1. The van der Waals surface area contributed by atoms with Crippen molar-refractivity contribution in [3.8, 4) is 5.75 Å². The van der Waals surface area contributed by atoms with E-state index in [4.69, 9.17) is 15.6 Å². The number of carboxylic acid groups (broad SMARTS) is 1. The van der Waals surface area contributed by atoms with Crippen molar-refractivity contribution in [3.63, 3.8) is 0 Å². The van der Waals surface area contributed by atoms with Crippen molar-refractivity contribution in [1.29, 1.82) is 0 Å². The van der Waals surface area contributed by atoms with Crippen molar-refractivity contribution in [2.75, 3.05) is 18.2 Å². The Morgan fingerprint density at radius 2 is 2.20 bits per heavy atom. The molecule has 0 bridgehead atoms. The normalized spacial score (nSPS) is 10.1. The molecule has 0 aliphatic heterocycles. The largest absolute Gasteiger partial charge is 0.494 e. The van der Waals surface area contributed by atoms with Crippen molar-refractivity contribution < 1.29 is 19.0 Å². The van der Waals surface area contributed by atoms with Gasteiger partial charge in [-0.05, 0) is 18.2 Å². The molecule has 104 valence electrons. The second-order valence-electron chi connectivity index (χ2n) is 3.94. The van der Waals surface area contributed by atoms with Crippen LogP contribution in [-0.2, 0) is 0 Å². The average molecular weight is 277 g/mol. The summed E-state index contributed by atoms with van der Waals surface area (Å²) in [5.74, 6) is -1.00. The van der Waals surface area contributed by atoms with E-state index in [1.807, 2.05) is 0 Å². The van der Waals surface area contributed by atoms with Crippen LogP contribution in [0, 0.1) is 5.82 Å². The number of halogens is 1. The molecule has 0 saturated carbocycles. The summed E-state index contributed by atoms with van der Waals surface area (Å²) in [5, 5.41) is 11.7. The molecule has 0 amide bonds. The van der Waals surface area contributed by atoms with Crippen LogP contribution in [0.25, 0.3) is 0 Å². The monoisotopic (exact) mass is 277 g/mol. The second-order valence-corrected chi connectivity index (χ2v) is 3.94. The zero-order valence-electron chi connectivity index (χ0n) is 10.6. The summed E-state index contributed by atoms with van der Waals surface area (Å²) in [5.41, 5.74) is 6.34. The molecule has 20 heavy (non-hydrogen) atoms. The number of aromatic nitrogens is 1. The number of ether oxygens (including phenoxy) is 1. The number of nitrogens with zero attached hydrogens (tertiary/aromatic N) is 1. The number of hydrogen-bond acceptors (Lipinski definition) is 5. The summed E-state index contributed by atoms with van der Waals surface area (Å²) in [6, 6.07) is 5.23. The molecule has 0 saturated heterocycles. The Hall–Kier alpha value is -2.83. The maximum Gasteiger partial charge on any atom is 0.337 e. The van der Waals surface area contributed by atoms with Gasteiger partial charge in [0.25, 0.3) is 0 Å². The number of benzene rings is 1. The number of nitrogens with two attached hydrogens (primary N) is 1. The fraction of sp³-hybridized carbons (Fsp3) is 0.0769. The van der Waals surface area contributed by atoms with E-state index in [1.165, 1.54) is 37.6 Å². The van der Waals surface area contributed by atoms with Crippen molar-refractivity contribution >= 4 is 23.2 Å². The van der Waals surface area contributed by atoms with E-state index in [0.717, 1.165) is 0 Å². The quantitative estimate of drug-likeness (QED) is 0.793. The number of aromatic carboxylic acids is 1. The van der Waals surface area contributed by atoms with E-state index in [1.54, 1.807) is 0 Å². The van der Waals surface area contributed by atoms with Crippen molar-refractivity contribution in [2.24, 2.45) is 0 Å². The maximum atomic E-state index is 13.1. The highest BCUT2D eigenvalue weighted by atomic mass is 19.1. The lowest BCUT2D eigenvalue weighted by Gasteiger charge is -2.12. The fourth-order valence-electron chi connectivity index (χ4n) is 1.60. The van der Waals surface area contributed by atoms with Crippen LogP contribution in [0.5, 0.6) is 5.75 Å². The topological polar surface area (TPSA) is 97.5 Å². The molecule has 0 radical (unpaired) electrons. The first-order valence-electron chi connectivity index (χ1n) is 5.60. The Labute approximate surface area is 114 Å². The van der Waals surface area contributed by atoms with Gasteiger partial charge in [0.2, 0.25) is 0 Å². The van der Waals surface area contributed by atoms with Crippen LogP contribution >= 0.6 is 0 Å². The minimum Gasteiger partial charge on any atom is -0.494 e. The Morgan fingerprint density at radius 1 is 1.45 bits per heavy atom. The molecule has 7 heteroatoms. The van der Waals surface area contributed by atoms with E-state index >= 15 is 0 Å². The zero-order valence-corrected chi connectivity index (χ0v) is 10.6. The Morgan fingerprint density at radius 3 is 2.80 bits per heavy atom. The minimum atomic E-state index is -1.12. The van der Waals surface area contributed by atoms with E-state index in [2.05, 4.69) is 10.3 Å². The number of carbonyl (C=O) groups is 1. The molecule has 0 atom stereocenters. The van der Waals surface area contributed by atoms with Crippen LogP contribution < -0.4 is 15.8 Å². The Kier molecular flexibility index (Phi) is 3.69. The molecule has 0 fully saturated rings. The van der Waals surface area contributed by atoms with Gasteiger partial charge in [-0.2, -0.15) is 0 Å². The number of nitrogens with one attached hydrogen (secondary N) is 1. The Bertz CT molecular complexity index is 661. The van der Waals surface area contributed by atoms with Gasteiger partial charge in [-0.1, -0.05) is 0 Å². The molecule has 1 heterocycles. The zero-order chi connectivity index (χ0) is 14.7. The fourth-order valence-corrected chi connectivity index (χ4v) is 1.60. The number of hydrogen-bond donors (Lipinski definition) is 3. The third-order valence-corrected chi connectivity index (χ3v) is 2.58. The molecular formula is C13H12FN3O3. The smallest absolute Gasteiger partial charge is 0.337 e. The summed E-state index contributed by atoms with van der Waals surface area (Å²) < 4.78 is 18.1. The first kappa shape index (κ1) is 13.6. The maximum absolute atomic E-state index is 13.1. The number of methoxy groups -OCH3 is 1. The van der Waals surface area contributed by atoms with Crippen LogP contribution in [0.15, 0.2) is 30.5 Å². The molecule has 0 aliphatic rings. The molecule has 4 N–H and O–H groups in total. The van der Waals surface area contributed by atoms with Crippen molar-refractivity contribution in [3.05, 3.63) is 41.8 Å². The van der Waals surface area contributed by atoms with Gasteiger partial charge in [-0.3, -0.25) is 0 Å². The lowest BCUT2D eigenvalue weighted by atomic mass is 10.2. The van der Waals surface area contributed by atoms with Gasteiger partial charge >= 0.3 is 5.97 Å². The van der Waals surface area contributed by atoms with E-state index in [0.29, 0.717) is 5.69 Å².